The van der Waals surface area contributed by atoms with Crippen molar-refractivity contribution in [2.24, 2.45) is 0 Å². The molecule has 0 aliphatic heterocycles. The van der Waals surface area contributed by atoms with Crippen LogP contribution in [0.3, 0.4) is 0 Å². The summed E-state index contributed by atoms with van der Waals surface area (Å²) >= 11 is 0. The molecule has 0 saturated carbocycles. The lowest BCUT2D eigenvalue weighted by molar-refractivity contribution is 0.101. The molecule has 0 heterocycles. The first kappa shape index (κ1) is 14.9. The third kappa shape index (κ3) is 3.19. The van der Waals surface area contributed by atoms with Gasteiger partial charge in [0.25, 0.3) is 0 Å². The van der Waals surface area contributed by atoms with Crippen molar-refractivity contribution >= 4 is 15.6 Å². The second-order valence-electron chi connectivity index (χ2n) is 5.05. The molecule has 100 valence electrons. The lowest BCUT2D eigenvalue weighted by Crippen LogP contribution is -2.24. The lowest BCUT2D eigenvalue weighted by atomic mass is 9.97. The van der Waals surface area contributed by atoms with E-state index < -0.39 is 20.8 Å². The summed E-state index contributed by atoms with van der Waals surface area (Å²) in [6.45, 7) is 8.83. The SMILES string of the molecule is Cc1cc(C)c(C(=O)CS(=O)(=O)C(C)C)c(C)c1. The highest BCUT2D eigenvalue weighted by Crippen LogP contribution is 2.18. The van der Waals surface area contributed by atoms with Gasteiger partial charge in [0, 0.05) is 5.56 Å². The van der Waals surface area contributed by atoms with Gasteiger partial charge < -0.3 is 0 Å². The average Bonchev–Trinajstić information content (AvgIpc) is 2.13. The maximum absolute atomic E-state index is 12.1. The van der Waals surface area contributed by atoms with Crippen LogP contribution >= 0.6 is 0 Å². The highest BCUT2D eigenvalue weighted by Gasteiger charge is 2.23. The average molecular weight is 268 g/mol. The Morgan fingerprint density at radius 2 is 1.56 bits per heavy atom. The van der Waals surface area contributed by atoms with Gasteiger partial charge in [0.05, 0.1) is 5.25 Å². The van der Waals surface area contributed by atoms with Crippen LogP contribution in [0.2, 0.25) is 0 Å². The lowest BCUT2D eigenvalue weighted by Gasteiger charge is -2.12. The Kier molecular flexibility index (Phi) is 4.32. The highest BCUT2D eigenvalue weighted by molar-refractivity contribution is 7.92. The Bertz CT molecular complexity index is 546. The van der Waals surface area contributed by atoms with Crippen molar-refractivity contribution in [1.29, 1.82) is 0 Å². The number of sulfone groups is 1. The van der Waals surface area contributed by atoms with Crippen molar-refractivity contribution in [3.63, 3.8) is 0 Å². The van der Waals surface area contributed by atoms with Crippen LogP contribution in [0.1, 0.15) is 40.9 Å². The monoisotopic (exact) mass is 268 g/mol. The van der Waals surface area contributed by atoms with E-state index in [-0.39, 0.29) is 5.78 Å². The fourth-order valence-corrected chi connectivity index (χ4v) is 2.88. The molecular formula is C14H20O3S. The van der Waals surface area contributed by atoms with Crippen molar-refractivity contribution in [1.82, 2.24) is 0 Å². The Balaban J connectivity index is 3.14. The van der Waals surface area contributed by atoms with Gasteiger partial charge in [-0.3, -0.25) is 4.79 Å². The minimum atomic E-state index is -3.34. The Morgan fingerprint density at radius 1 is 1.11 bits per heavy atom. The fraction of sp³-hybridized carbons (Fsp3) is 0.500. The number of Topliss-reactive ketones (excluding diaryl/α,β-unsaturated/α-hetero) is 1. The Labute approximate surface area is 109 Å². The van der Waals surface area contributed by atoms with Gasteiger partial charge in [-0.1, -0.05) is 17.7 Å². The van der Waals surface area contributed by atoms with Crippen LogP contribution < -0.4 is 0 Å². The zero-order chi connectivity index (χ0) is 14.1. The van der Waals surface area contributed by atoms with E-state index in [0.717, 1.165) is 16.7 Å². The van der Waals surface area contributed by atoms with E-state index in [4.69, 9.17) is 0 Å². The Hall–Kier alpha value is -1.16. The van der Waals surface area contributed by atoms with Gasteiger partial charge in [-0.25, -0.2) is 8.42 Å². The molecule has 0 aliphatic carbocycles. The number of hydrogen-bond acceptors (Lipinski definition) is 3. The molecule has 18 heavy (non-hydrogen) atoms. The van der Waals surface area contributed by atoms with E-state index in [9.17, 15) is 13.2 Å². The van der Waals surface area contributed by atoms with Crippen molar-refractivity contribution in [3.8, 4) is 0 Å². The minimum absolute atomic E-state index is 0.307. The Morgan fingerprint density at radius 3 is 1.94 bits per heavy atom. The van der Waals surface area contributed by atoms with E-state index >= 15 is 0 Å². The summed E-state index contributed by atoms with van der Waals surface area (Å²) in [6, 6.07) is 3.81. The first-order valence-corrected chi connectivity index (χ1v) is 7.69. The number of carbonyl (C=O) groups is 1. The normalized spacial score (nSPS) is 11.9. The predicted molar refractivity (Wildman–Crippen MR) is 73.9 cm³/mol. The van der Waals surface area contributed by atoms with Crippen molar-refractivity contribution in [2.45, 2.75) is 39.9 Å². The second-order valence-corrected chi connectivity index (χ2v) is 7.61. The van der Waals surface area contributed by atoms with E-state index in [1.165, 1.54) is 0 Å². The quantitative estimate of drug-likeness (QED) is 0.789. The molecule has 0 saturated heterocycles. The molecule has 0 radical (unpaired) electrons. The third-order valence-electron chi connectivity index (χ3n) is 3.01. The third-order valence-corrected chi connectivity index (χ3v) is 5.11. The second kappa shape index (κ2) is 5.22. The van der Waals surface area contributed by atoms with Crippen LogP contribution in [0, 0.1) is 20.8 Å². The summed E-state index contributed by atoms with van der Waals surface area (Å²) in [5.41, 5.74) is 3.31. The summed E-state index contributed by atoms with van der Waals surface area (Å²) in [7, 11) is -3.34. The molecule has 0 amide bonds. The van der Waals surface area contributed by atoms with E-state index in [1.54, 1.807) is 13.8 Å². The summed E-state index contributed by atoms with van der Waals surface area (Å²) in [4.78, 5) is 12.1. The molecular weight excluding hydrogens is 248 g/mol. The van der Waals surface area contributed by atoms with Crippen molar-refractivity contribution in [2.75, 3.05) is 5.75 Å². The summed E-state index contributed by atoms with van der Waals surface area (Å²) in [5.74, 6) is -0.714. The van der Waals surface area contributed by atoms with Gasteiger partial charge >= 0.3 is 0 Å². The molecule has 4 heteroatoms. The molecule has 0 fully saturated rings. The molecule has 0 bridgehead atoms. The van der Waals surface area contributed by atoms with Crippen LogP contribution in [0.4, 0.5) is 0 Å². The fourth-order valence-electron chi connectivity index (χ4n) is 2.04. The number of rotatable bonds is 4. The van der Waals surface area contributed by atoms with Crippen LogP contribution in [-0.4, -0.2) is 25.2 Å². The van der Waals surface area contributed by atoms with Gasteiger partial charge in [-0.05, 0) is 45.7 Å². The highest BCUT2D eigenvalue weighted by atomic mass is 32.2. The predicted octanol–water partition coefficient (Wildman–Crippen LogP) is 2.62. The molecule has 0 spiro atoms. The minimum Gasteiger partial charge on any atom is -0.293 e. The zero-order valence-corrected chi connectivity index (χ0v) is 12.4. The van der Waals surface area contributed by atoms with Crippen LogP contribution in [0.5, 0.6) is 0 Å². The molecule has 1 aromatic carbocycles. The summed E-state index contributed by atoms with van der Waals surface area (Å²) in [5, 5.41) is -0.521. The number of ketones is 1. The van der Waals surface area contributed by atoms with Gasteiger partial charge in [-0.15, -0.1) is 0 Å². The number of hydrogen-bond donors (Lipinski definition) is 0. The van der Waals surface area contributed by atoms with Gasteiger partial charge in [0.2, 0.25) is 0 Å². The topological polar surface area (TPSA) is 51.2 Å². The molecule has 0 aromatic heterocycles. The summed E-state index contributed by atoms with van der Waals surface area (Å²) < 4.78 is 23.6. The van der Waals surface area contributed by atoms with Crippen LogP contribution in [0.15, 0.2) is 12.1 Å². The van der Waals surface area contributed by atoms with E-state index in [0.29, 0.717) is 5.56 Å². The standard InChI is InChI=1S/C14H20O3S/c1-9(2)18(16,17)8-13(15)14-11(4)6-10(3)7-12(14)5/h6-7,9H,8H2,1-5H3. The molecule has 0 unspecified atom stereocenters. The van der Waals surface area contributed by atoms with Crippen molar-refractivity contribution < 1.29 is 13.2 Å². The number of carbonyl (C=O) groups excluding carboxylic acids is 1. The maximum atomic E-state index is 12.1. The van der Waals surface area contributed by atoms with Crippen LogP contribution in [0.25, 0.3) is 0 Å². The number of benzene rings is 1. The number of aryl methyl sites for hydroxylation is 3. The molecule has 0 aliphatic rings. The molecule has 0 atom stereocenters. The summed E-state index contributed by atoms with van der Waals surface area (Å²) in [6.07, 6.45) is 0. The molecule has 1 rings (SSSR count). The van der Waals surface area contributed by atoms with Crippen LogP contribution in [-0.2, 0) is 9.84 Å². The maximum Gasteiger partial charge on any atom is 0.178 e. The van der Waals surface area contributed by atoms with Gasteiger partial charge in [0.15, 0.2) is 15.6 Å². The molecule has 0 N–H and O–H groups in total. The first-order chi connectivity index (χ1) is 8.15. The zero-order valence-electron chi connectivity index (χ0n) is 11.6. The molecule has 3 nitrogen and oxygen atoms in total. The van der Waals surface area contributed by atoms with Crippen molar-refractivity contribution in [3.05, 3.63) is 34.4 Å². The van der Waals surface area contributed by atoms with E-state index in [1.807, 2.05) is 32.9 Å². The van der Waals surface area contributed by atoms with Gasteiger partial charge in [-0.2, -0.15) is 0 Å². The van der Waals surface area contributed by atoms with E-state index in [2.05, 4.69) is 0 Å². The molecule has 1 aromatic rings. The smallest absolute Gasteiger partial charge is 0.178 e. The van der Waals surface area contributed by atoms with Gasteiger partial charge in [0.1, 0.15) is 5.75 Å². The largest absolute Gasteiger partial charge is 0.293 e. The first-order valence-electron chi connectivity index (χ1n) is 5.97.